The van der Waals surface area contributed by atoms with Crippen LogP contribution in [0, 0.1) is 0 Å². The van der Waals surface area contributed by atoms with Crippen LogP contribution in [0.1, 0.15) is 22.2 Å². The first-order chi connectivity index (χ1) is 10.1. The van der Waals surface area contributed by atoms with Crippen LogP contribution in [-0.4, -0.2) is 18.7 Å². The first-order valence-corrected chi connectivity index (χ1v) is 7.81. The smallest absolute Gasteiger partial charge is 0.251 e. The van der Waals surface area contributed by atoms with Gasteiger partial charge in [0.1, 0.15) is 0 Å². The van der Waals surface area contributed by atoms with Gasteiger partial charge >= 0.3 is 0 Å². The molecule has 21 heavy (non-hydrogen) atoms. The number of hydrogen-bond donors (Lipinski definition) is 1. The fraction of sp³-hybridized carbons (Fsp3) is 0.267. The average molecular weight is 324 g/mol. The Labute approximate surface area is 131 Å². The zero-order chi connectivity index (χ0) is 14.8. The summed E-state index contributed by atoms with van der Waals surface area (Å²) in [7, 11) is 0. The molecule has 1 aliphatic heterocycles. The lowest BCUT2D eigenvalue weighted by atomic mass is 10.1. The van der Waals surface area contributed by atoms with Crippen molar-refractivity contribution in [3.05, 3.63) is 45.1 Å². The molecule has 6 heteroatoms. The molecule has 1 amide bonds. The Bertz CT molecular complexity index is 657. The lowest BCUT2D eigenvalue weighted by Crippen LogP contribution is -2.33. The highest BCUT2D eigenvalue weighted by Crippen LogP contribution is 2.39. The Balaban J connectivity index is 1.69. The predicted molar refractivity (Wildman–Crippen MR) is 82.5 cm³/mol. The van der Waals surface area contributed by atoms with E-state index >= 15 is 0 Å². The van der Waals surface area contributed by atoms with E-state index in [1.54, 1.807) is 23.5 Å². The van der Waals surface area contributed by atoms with Crippen LogP contribution in [0.15, 0.2) is 29.6 Å². The normalized spacial score (nSPS) is 14.0. The maximum absolute atomic E-state index is 12.3. The third kappa shape index (κ3) is 3.14. The van der Waals surface area contributed by atoms with E-state index in [2.05, 4.69) is 11.4 Å². The van der Waals surface area contributed by atoms with Crippen molar-refractivity contribution in [2.75, 3.05) is 6.79 Å². The molecular weight excluding hydrogens is 310 g/mol. The number of benzene rings is 1. The summed E-state index contributed by atoms with van der Waals surface area (Å²) in [5.74, 6) is 0.845. The van der Waals surface area contributed by atoms with Crippen LogP contribution in [0.4, 0.5) is 0 Å². The average Bonchev–Trinajstić information content (AvgIpc) is 3.09. The van der Waals surface area contributed by atoms with E-state index in [1.165, 1.54) is 4.88 Å². The van der Waals surface area contributed by atoms with Crippen LogP contribution < -0.4 is 14.8 Å². The third-order valence-electron chi connectivity index (χ3n) is 3.15. The largest absolute Gasteiger partial charge is 0.454 e. The second-order valence-corrected chi connectivity index (χ2v) is 6.29. The molecule has 1 atom stereocenters. The summed E-state index contributed by atoms with van der Waals surface area (Å²) < 4.78 is 10.5. The monoisotopic (exact) mass is 323 g/mol. The Hall–Kier alpha value is -1.72. The summed E-state index contributed by atoms with van der Waals surface area (Å²) in [6, 6.07) is 7.36. The Morgan fingerprint density at radius 3 is 3.10 bits per heavy atom. The SMILES string of the molecule is C[C@H](Cc1cccs1)NC(=O)c1cc(Cl)c2c(c1)OCO2. The van der Waals surface area contributed by atoms with Crippen LogP contribution in [-0.2, 0) is 6.42 Å². The van der Waals surface area contributed by atoms with Gasteiger partial charge in [-0.1, -0.05) is 17.7 Å². The fourth-order valence-corrected chi connectivity index (χ4v) is 3.29. The number of nitrogens with one attached hydrogen (secondary N) is 1. The molecule has 0 saturated carbocycles. The molecule has 1 aromatic heterocycles. The molecular formula is C15H14ClNO3S. The third-order valence-corrected chi connectivity index (χ3v) is 4.33. The van der Waals surface area contributed by atoms with Gasteiger partial charge in [-0.2, -0.15) is 0 Å². The molecule has 3 rings (SSSR count). The van der Waals surface area contributed by atoms with E-state index < -0.39 is 0 Å². The molecule has 0 fully saturated rings. The summed E-state index contributed by atoms with van der Waals surface area (Å²) in [5, 5.41) is 5.38. The first-order valence-electron chi connectivity index (χ1n) is 6.56. The van der Waals surface area contributed by atoms with Crippen LogP contribution in [0.25, 0.3) is 0 Å². The Morgan fingerprint density at radius 2 is 2.33 bits per heavy atom. The number of thiophene rings is 1. The number of ether oxygens (including phenoxy) is 2. The van der Waals surface area contributed by atoms with Gasteiger partial charge in [-0.05, 0) is 30.5 Å². The molecule has 4 nitrogen and oxygen atoms in total. The second-order valence-electron chi connectivity index (χ2n) is 4.85. The van der Waals surface area contributed by atoms with Crippen molar-refractivity contribution in [3.63, 3.8) is 0 Å². The molecule has 2 heterocycles. The number of hydrogen-bond acceptors (Lipinski definition) is 4. The summed E-state index contributed by atoms with van der Waals surface area (Å²) in [4.78, 5) is 13.5. The van der Waals surface area contributed by atoms with Gasteiger partial charge in [-0.3, -0.25) is 4.79 Å². The second kappa shape index (κ2) is 5.95. The lowest BCUT2D eigenvalue weighted by Gasteiger charge is -2.13. The maximum Gasteiger partial charge on any atom is 0.251 e. The highest BCUT2D eigenvalue weighted by Gasteiger charge is 2.21. The highest BCUT2D eigenvalue weighted by molar-refractivity contribution is 7.09. The van der Waals surface area contributed by atoms with Crippen LogP contribution in [0.2, 0.25) is 5.02 Å². The van der Waals surface area contributed by atoms with Crippen LogP contribution in [0.3, 0.4) is 0 Å². The first kappa shape index (κ1) is 14.2. The number of rotatable bonds is 4. The van der Waals surface area contributed by atoms with Crippen molar-refractivity contribution in [2.24, 2.45) is 0 Å². The van der Waals surface area contributed by atoms with Gasteiger partial charge in [0.2, 0.25) is 6.79 Å². The van der Waals surface area contributed by atoms with Gasteiger partial charge in [0.25, 0.3) is 5.91 Å². The molecule has 1 aromatic carbocycles. The van der Waals surface area contributed by atoms with E-state index in [-0.39, 0.29) is 18.7 Å². The summed E-state index contributed by atoms with van der Waals surface area (Å²) in [6.45, 7) is 2.11. The van der Waals surface area contributed by atoms with E-state index in [0.717, 1.165) is 6.42 Å². The Morgan fingerprint density at radius 1 is 1.48 bits per heavy atom. The lowest BCUT2D eigenvalue weighted by molar-refractivity contribution is 0.0939. The number of halogens is 1. The van der Waals surface area contributed by atoms with Crippen LogP contribution >= 0.6 is 22.9 Å². The summed E-state index contributed by atoms with van der Waals surface area (Å²) >= 11 is 7.77. The molecule has 0 unspecified atom stereocenters. The van der Waals surface area contributed by atoms with Gasteiger partial charge in [0.05, 0.1) is 5.02 Å². The quantitative estimate of drug-likeness (QED) is 0.937. The minimum atomic E-state index is -0.167. The predicted octanol–water partition coefficient (Wildman–Crippen LogP) is 3.49. The fourth-order valence-electron chi connectivity index (χ4n) is 2.19. The standard InChI is InChI=1S/C15H14ClNO3S/c1-9(5-11-3-2-4-21-11)17-15(18)10-6-12(16)14-13(7-10)19-8-20-14/h2-4,6-7,9H,5,8H2,1H3,(H,17,18)/t9-/m1/s1. The molecule has 1 aliphatic rings. The van der Waals surface area contributed by atoms with Crippen molar-refractivity contribution in [2.45, 2.75) is 19.4 Å². The minimum absolute atomic E-state index is 0.0420. The molecule has 0 radical (unpaired) electrons. The number of carbonyl (C=O) groups is 1. The zero-order valence-corrected chi connectivity index (χ0v) is 13.0. The highest BCUT2D eigenvalue weighted by atomic mass is 35.5. The van der Waals surface area contributed by atoms with E-state index in [1.807, 2.05) is 18.4 Å². The van der Waals surface area contributed by atoms with Crippen molar-refractivity contribution in [1.29, 1.82) is 0 Å². The number of amides is 1. The van der Waals surface area contributed by atoms with E-state index in [0.29, 0.717) is 22.1 Å². The van der Waals surface area contributed by atoms with Gasteiger partial charge in [0.15, 0.2) is 11.5 Å². The van der Waals surface area contributed by atoms with Crippen molar-refractivity contribution in [3.8, 4) is 11.5 Å². The summed E-state index contributed by atoms with van der Waals surface area (Å²) in [6.07, 6.45) is 0.807. The zero-order valence-electron chi connectivity index (χ0n) is 11.4. The summed E-state index contributed by atoms with van der Waals surface area (Å²) in [5.41, 5.74) is 0.474. The molecule has 0 spiro atoms. The van der Waals surface area contributed by atoms with Gasteiger partial charge in [-0.15, -0.1) is 11.3 Å². The molecule has 0 bridgehead atoms. The Kier molecular flexibility index (Phi) is 4.03. The van der Waals surface area contributed by atoms with Crippen LogP contribution in [0.5, 0.6) is 11.5 Å². The van der Waals surface area contributed by atoms with Gasteiger partial charge in [0, 0.05) is 22.9 Å². The molecule has 110 valence electrons. The number of carbonyl (C=O) groups excluding carboxylic acids is 1. The number of fused-ring (bicyclic) bond motifs is 1. The van der Waals surface area contributed by atoms with Gasteiger partial charge in [-0.25, -0.2) is 0 Å². The molecule has 1 N–H and O–H groups in total. The van der Waals surface area contributed by atoms with Gasteiger partial charge < -0.3 is 14.8 Å². The minimum Gasteiger partial charge on any atom is -0.454 e. The maximum atomic E-state index is 12.3. The molecule has 0 saturated heterocycles. The van der Waals surface area contributed by atoms with E-state index in [9.17, 15) is 4.79 Å². The van der Waals surface area contributed by atoms with E-state index in [4.69, 9.17) is 21.1 Å². The van der Waals surface area contributed by atoms with Crippen molar-refractivity contribution in [1.82, 2.24) is 5.32 Å². The van der Waals surface area contributed by atoms with Crippen molar-refractivity contribution >= 4 is 28.8 Å². The molecule has 0 aliphatic carbocycles. The molecule has 2 aromatic rings. The van der Waals surface area contributed by atoms with Crippen molar-refractivity contribution < 1.29 is 14.3 Å². The topological polar surface area (TPSA) is 47.6 Å².